The number of ether oxygens (including phenoxy) is 1. The fourth-order valence-electron chi connectivity index (χ4n) is 2.05. The van der Waals surface area contributed by atoms with E-state index in [0.717, 1.165) is 11.1 Å². The Kier molecular flexibility index (Phi) is 4.56. The molecule has 5 heteroatoms. The molecule has 0 aliphatic rings. The zero-order valence-electron chi connectivity index (χ0n) is 12.7. The maximum Gasteiger partial charge on any atom is 0.343 e. The van der Waals surface area contributed by atoms with E-state index in [4.69, 9.17) is 4.74 Å². The van der Waals surface area contributed by atoms with Gasteiger partial charge in [-0.05, 0) is 36.6 Å². The largest absolute Gasteiger partial charge is 0.416 e. The van der Waals surface area contributed by atoms with Crippen LogP contribution in [-0.4, -0.2) is 10.9 Å². The van der Waals surface area contributed by atoms with Gasteiger partial charge in [-0.2, -0.15) is 0 Å². The summed E-state index contributed by atoms with van der Waals surface area (Å²) >= 11 is 0. The molecule has 2 aromatic rings. The van der Waals surface area contributed by atoms with E-state index in [9.17, 15) is 14.9 Å². The number of nitro benzene ring substituents is 1. The lowest BCUT2D eigenvalue weighted by molar-refractivity contribution is -0.385. The monoisotopic (exact) mass is 299 g/mol. The van der Waals surface area contributed by atoms with Crippen molar-refractivity contribution in [3.63, 3.8) is 0 Å². The number of carbonyl (C=O) groups is 1. The van der Waals surface area contributed by atoms with Gasteiger partial charge in [0.25, 0.3) is 0 Å². The van der Waals surface area contributed by atoms with Crippen LogP contribution in [0.3, 0.4) is 0 Å². The molecule has 0 saturated heterocycles. The van der Waals surface area contributed by atoms with Crippen molar-refractivity contribution in [3.05, 3.63) is 69.3 Å². The average molecular weight is 299 g/mol. The molecule has 0 aliphatic heterocycles. The highest BCUT2D eigenvalue weighted by Gasteiger charge is 2.20. The summed E-state index contributed by atoms with van der Waals surface area (Å²) in [7, 11) is 0. The lowest BCUT2D eigenvalue weighted by atomic mass is 10.0. The van der Waals surface area contributed by atoms with Gasteiger partial charge in [-0.25, -0.2) is 4.79 Å². The molecule has 5 nitrogen and oxygen atoms in total. The van der Waals surface area contributed by atoms with Crippen LogP contribution < -0.4 is 4.74 Å². The predicted octanol–water partition coefficient (Wildman–Crippen LogP) is 4.25. The van der Waals surface area contributed by atoms with Crippen LogP contribution in [0.25, 0.3) is 0 Å². The fourth-order valence-corrected chi connectivity index (χ4v) is 2.05. The average Bonchev–Trinajstić information content (AvgIpc) is 2.46. The quantitative estimate of drug-likeness (QED) is 0.366. The van der Waals surface area contributed by atoms with Crippen LogP contribution in [-0.2, 0) is 0 Å². The van der Waals surface area contributed by atoms with Crippen molar-refractivity contribution in [1.29, 1.82) is 0 Å². The summed E-state index contributed by atoms with van der Waals surface area (Å²) in [6.45, 7) is 5.79. The third kappa shape index (κ3) is 3.49. The smallest absolute Gasteiger partial charge is 0.343 e. The maximum atomic E-state index is 12.2. The molecule has 2 aromatic carbocycles. The molecule has 2 rings (SSSR count). The van der Waals surface area contributed by atoms with Gasteiger partial charge in [0.05, 0.1) is 10.5 Å². The minimum Gasteiger partial charge on any atom is -0.416 e. The SMILES string of the molecule is Cc1cccc(C(=O)Oc2cc(C(C)C)ccc2[N+](=O)[O-])c1. The molecule has 22 heavy (non-hydrogen) atoms. The van der Waals surface area contributed by atoms with Gasteiger partial charge in [-0.3, -0.25) is 10.1 Å². The normalized spacial score (nSPS) is 10.5. The second kappa shape index (κ2) is 6.39. The predicted molar refractivity (Wildman–Crippen MR) is 83.3 cm³/mol. The highest BCUT2D eigenvalue weighted by atomic mass is 16.6. The molecule has 0 bridgehead atoms. The Hall–Kier alpha value is -2.69. The van der Waals surface area contributed by atoms with Gasteiger partial charge >= 0.3 is 11.7 Å². The van der Waals surface area contributed by atoms with Crippen LogP contribution in [0.15, 0.2) is 42.5 Å². The first-order valence-corrected chi connectivity index (χ1v) is 6.95. The van der Waals surface area contributed by atoms with Gasteiger partial charge in [0.2, 0.25) is 5.75 Å². The molecule has 0 spiro atoms. The standard InChI is InChI=1S/C17H17NO4/c1-11(2)13-7-8-15(18(20)21)16(10-13)22-17(19)14-6-4-5-12(3)9-14/h4-11H,1-3H3. The van der Waals surface area contributed by atoms with E-state index < -0.39 is 10.9 Å². The second-order valence-corrected chi connectivity index (χ2v) is 5.40. The summed E-state index contributed by atoms with van der Waals surface area (Å²) in [6.07, 6.45) is 0. The van der Waals surface area contributed by atoms with Gasteiger partial charge in [-0.15, -0.1) is 0 Å². The Morgan fingerprint density at radius 1 is 1.18 bits per heavy atom. The van der Waals surface area contributed by atoms with Crippen molar-refractivity contribution in [3.8, 4) is 5.75 Å². The van der Waals surface area contributed by atoms with E-state index in [-0.39, 0.29) is 17.4 Å². The zero-order valence-corrected chi connectivity index (χ0v) is 12.7. The van der Waals surface area contributed by atoms with Gasteiger partial charge < -0.3 is 4.74 Å². The Morgan fingerprint density at radius 2 is 1.91 bits per heavy atom. The topological polar surface area (TPSA) is 69.4 Å². The van der Waals surface area contributed by atoms with Gasteiger partial charge in [0.1, 0.15) is 0 Å². The molecular weight excluding hydrogens is 282 g/mol. The number of aryl methyl sites for hydroxylation is 1. The molecule has 0 radical (unpaired) electrons. The molecule has 0 saturated carbocycles. The number of nitro groups is 1. The van der Waals surface area contributed by atoms with Crippen LogP contribution in [0.5, 0.6) is 5.75 Å². The minimum absolute atomic E-state index is 0.0253. The van der Waals surface area contributed by atoms with Crippen molar-refractivity contribution in [2.45, 2.75) is 26.7 Å². The summed E-state index contributed by atoms with van der Waals surface area (Å²) in [5.74, 6) is -0.451. The third-order valence-corrected chi connectivity index (χ3v) is 3.30. The number of hydrogen-bond acceptors (Lipinski definition) is 4. The third-order valence-electron chi connectivity index (χ3n) is 3.30. The first-order valence-electron chi connectivity index (χ1n) is 6.95. The lowest BCUT2D eigenvalue weighted by Crippen LogP contribution is -2.10. The second-order valence-electron chi connectivity index (χ2n) is 5.40. The van der Waals surface area contributed by atoms with E-state index in [0.29, 0.717) is 5.56 Å². The summed E-state index contributed by atoms with van der Waals surface area (Å²) in [6, 6.07) is 11.5. The van der Waals surface area contributed by atoms with Crippen molar-refractivity contribution in [2.24, 2.45) is 0 Å². The Bertz CT molecular complexity index is 722. The van der Waals surface area contributed by atoms with Gasteiger partial charge in [0, 0.05) is 6.07 Å². The number of esters is 1. The van der Waals surface area contributed by atoms with Gasteiger partial charge in [-0.1, -0.05) is 37.6 Å². The molecule has 0 amide bonds. The van der Waals surface area contributed by atoms with Crippen molar-refractivity contribution in [1.82, 2.24) is 0 Å². The molecule has 0 N–H and O–H groups in total. The summed E-state index contributed by atoms with van der Waals surface area (Å²) in [4.78, 5) is 22.7. The van der Waals surface area contributed by atoms with E-state index in [1.165, 1.54) is 6.07 Å². The number of nitrogens with zero attached hydrogens (tertiary/aromatic N) is 1. The van der Waals surface area contributed by atoms with E-state index >= 15 is 0 Å². The van der Waals surface area contributed by atoms with Crippen molar-refractivity contribution in [2.75, 3.05) is 0 Å². The molecule has 114 valence electrons. The van der Waals surface area contributed by atoms with Crippen LogP contribution in [0.2, 0.25) is 0 Å². The summed E-state index contributed by atoms with van der Waals surface area (Å²) < 4.78 is 5.26. The Labute approximate surface area is 128 Å². The fraction of sp³-hybridized carbons (Fsp3) is 0.235. The molecule has 0 aromatic heterocycles. The van der Waals surface area contributed by atoms with Crippen molar-refractivity contribution < 1.29 is 14.5 Å². The molecule has 0 atom stereocenters. The van der Waals surface area contributed by atoms with Gasteiger partial charge in [0.15, 0.2) is 0 Å². The van der Waals surface area contributed by atoms with Crippen LogP contribution in [0.4, 0.5) is 5.69 Å². The summed E-state index contributed by atoms with van der Waals surface area (Å²) in [5, 5.41) is 11.1. The number of hydrogen-bond donors (Lipinski definition) is 0. The van der Waals surface area contributed by atoms with Crippen LogP contribution >= 0.6 is 0 Å². The molecule has 0 heterocycles. The molecule has 0 unspecified atom stereocenters. The van der Waals surface area contributed by atoms with Crippen LogP contribution in [0, 0.1) is 17.0 Å². The Morgan fingerprint density at radius 3 is 2.50 bits per heavy atom. The zero-order chi connectivity index (χ0) is 16.3. The lowest BCUT2D eigenvalue weighted by Gasteiger charge is -2.09. The maximum absolute atomic E-state index is 12.2. The van der Waals surface area contributed by atoms with E-state index in [1.807, 2.05) is 26.8 Å². The van der Waals surface area contributed by atoms with E-state index in [1.54, 1.807) is 30.3 Å². The highest BCUT2D eigenvalue weighted by molar-refractivity contribution is 5.91. The highest BCUT2D eigenvalue weighted by Crippen LogP contribution is 2.31. The summed E-state index contributed by atoms with van der Waals surface area (Å²) in [5.41, 5.74) is 1.94. The van der Waals surface area contributed by atoms with E-state index in [2.05, 4.69) is 0 Å². The first-order chi connectivity index (χ1) is 10.4. The minimum atomic E-state index is -0.604. The molecular formula is C17H17NO4. The number of benzene rings is 2. The van der Waals surface area contributed by atoms with Crippen LogP contribution in [0.1, 0.15) is 41.3 Å². The number of carbonyl (C=O) groups excluding carboxylic acids is 1. The molecule has 0 aliphatic carbocycles. The molecule has 0 fully saturated rings. The number of rotatable bonds is 4. The first kappa shape index (κ1) is 15.7. The Balaban J connectivity index is 2.36. The van der Waals surface area contributed by atoms with Crippen molar-refractivity contribution >= 4 is 11.7 Å².